The first kappa shape index (κ1) is 10.5. The number of nitro benzene ring substituents is 1. The molecule has 1 rings (SSSR count). The molecular weight excluding hydrogens is 180 g/mol. The highest BCUT2D eigenvalue weighted by Crippen LogP contribution is 2.25. The summed E-state index contributed by atoms with van der Waals surface area (Å²) in [6.45, 7) is 3.94. The van der Waals surface area contributed by atoms with Gasteiger partial charge in [0.1, 0.15) is 5.69 Å². The van der Waals surface area contributed by atoms with E-state index in [1.807, 2.05) is 6.92 Å². The molecule has 0 spiro atoms. The number of nitrogen functional groups attached to an aromatic ring is 1. The van der Waals surface area contributed by atoms with E-state index in [-0.39, 0.29) is 11.4 Å². The van der Waals surface area contributed by atoms with Gasteiger partial charge in [-0.3, -0.25) is 10.1 Å². The number of hydrogen-bond acceptors (Lipinski definition) is 3. The van der Waals surface area contributed by atoms with Gasteiger partial charge in [0.25, 0.3) is 5.69 Å². The molecule has 0 radical (unpaired) electrons. The van der Waals surface area contributed by atoms with E-state index in [9.17, 15) is 10.1 Å². The predicted octanol–water partition coefficient (Wildman–Crippen LogP) is 2.44. The molecule has 0 fully saturated rings. The van der Waals surface area contributed by atoms with Crippen LogP contribution in [0, 0.1) is 17.0 Å². The number of nitrogens with two attached hydrogens (primary N) is 1. The van der Waals surface area contributed by atoms with Crippen LogP contribution in [0.15, 0.2) is 12.1 Å². The van der Waals surface area contributed by atoms with E-state index in [4.69, 9.17) is 5.73 Å². The van der Waals surface area contributed by atoms with Crippen molar-refractivity contribution in [2.45, 2.75) is 26.7 Å². The molecule has 14 heavy (non-hydrogen) atoms. The topological polar surface area (TPSA) is 69.2 Å². The van der Waals surface area contributed by atoms with Gasteiger partial charge in [0.2, 0.25) is 0 Å². The minimum Gasteiger partial charge on any atom is -0.393 e. The Balaban J connectivity index is 3.17. The van der Waals surface area contributed by atoms with E-state index >= 15 is 0 Å². The van der Waals surface area contributed by atoms with Crippen molar-refractivity contribution in [3.8, 4) is 0 Å². The van der Waals surface area contributed by atoms with Crippen LogP contribution in [-0.4, -0.2) is 4.92 Å². The van der Waals surface area contributed by atoms with Gasteiger partial charge in [0, 0.05) is 6.07 Å². The van der Waals surface area contributed by atoms with Crippen LogP contribution in [0.3, 0.4) is 0 Å². The first-order chi connectivity index (χ1) is 6.56. The Kier molecular flexibility index (Phi) is 3.06. The molecule has 0 aliphatic rings. The maximum absolute atomic E-state index is 10.6. The van der Waals surface area contributed by atoms with Crippen LogP contribution in [-0.2, 0) is 6.42 Å². The first-order valence-corrected chi connectivity index (χ1v) is 4.59. The zero-order valence-corrected chi connectivity index (χ0v) is 8.41. The summed E-state index contributed by atoms with van der Waals surface area (Å²) in [5.74, 6) is 0. The average molecular weight is 194 g/mol. The third-order valence-electron chi connectivity index (χ3n) is 2.20. The normalized spacial score (nSPS) is 10.1. The molecule has 0 bridgehead atoms. The second-order valence-electron chi connectivity index (χ2n) is 3.34. The third-order valence-corrected chi connectivity index (χ3v) is 2.20. The van der Waals surface area contributed by atoms with Crippen LogP contribution >= 0.6 is 0 Å². The molecule has 0 heterocycles. The van der Waals surface area contributed by atoms with Crippen LogP contribution in [0.1, 0.15) is 24.5 Å². The maximum atomic E-state index is 10.6. The van der Waals surface area contributed by atoms with E-state index < -0.39 is 4.92 Å². The van der Waals surface area contributed by atoms with Gasteiger partial charge in [-0.15, -0.1) is 0 Å². The number of nitro groups is 1. The Hall–Kier alpha value is -1.58. The Morgan fingerprint density at radius 3 is 2.64 bits per heavy atom. The quantitative estimate of drug-likeness (QED) is 0.456. The monoisotopic (exact) mass is 194 g/mol. The summed E-state index contributed by atoms with van der Waals surface area (Å²) in [5, 5.41) is 10.6. The largest absolute Gasteiger partial charge is 0.393 e. The Morgan fingerprint density at radius 1 is 1.50 bits per heavy atom. The van der Waals surface area contributed by atoms with Gasteiger partial charge in [-0.2, -0.15) is 0 Å². The highest BCUT2D eigenvalue weighted by atomic mass is 16.6. The number of aryl methyl sites for hydroxylation is 2. The van der Waals surface area contributed by atoms with Crippen LogP contribution in [0.5, 0.6) is 0 Å². The molecule has 1 aromatic rings. The van der Waals surface area contributed by atoms with Gasteiger partial charge < -0.3 is 5.73 Å². The zero-order chi connectivity index (χ0) is 10.7. The van der Waals surface area contributed by atoms with Crippen LogP contribution in [0.4, 0.5) is 11.4 Å². The zero-order valence-electron chi connectivity index (χ0n) is 8.41. The molecular formula is C10H14N2O2. The second-order valence-corrected chi connectivity index (χ2v) is 3.34. The molecule has 2 N–H and O–H groups in total. The van der Waals surface area contributed by atoms with Gasteiger partial charge in [-0.1, -0.05) is 13.3 Å². The van der Waals surface area contributed by atoms with Crippen molar-refractivity contribution < 1.29 is 4.92 Å². The number of benzene rings is 1. The molecule has 0 aromatic heterocycles. The van der Waals surface area contributed by atoms with Gasteiger partial charge in [-0.25, -0.2) is 0 Å². The number of rotatable bonds is 3. The van der Waals surface area contributed by atoms with E-state index in [1.165, 1.54) is 0 Å². The lowest BCUT2D eigenvalue weighted by Gasteiger charge is -2.05. The minimum absolute atomic E-state index is 0.00218. The SMILES string of the molecule is CCCc1cc(N)c([N+](=O)[O-])cc1C. The Bertz CT molecular complexity index is 361. The van der Waals surface area contributed by atoms with Crippen molar-refractivity contribution in [1.82, 2.24) is 0 Å². The van der Waals surface area contributed by atoms with E-state index in [0.29, 0.717) is 0 Å². The second kappa shape index (κ2) is 4.09. The maximum Gasteiger partial charge on any atom is 0.292 e. The molecule has 4 nitrogen and oxygen atoms in total. The molecule has 0 aliphatic carbocycles. The summed E-state index contributed by atoms with van der Waals surface area (Å²) in [6.07, 6.45) is 1.92. The van der Waals surface area contributed by atoms with Crippen LogP contribution < -0.4 is 5.73 Å². The van der Waals surface area contributed by atoms with E-state index in [0.717, 1.165) is 24.0 Å². The summed E-state index contributed by atoms with van der Waals surface area (Å²) in [4.78, 5) is 10.1. The van der Waals surface area contributed by atoms with Crippen LogP contribution in [0.2, 0.25) is 0 Å². The standard InChI is InChI=1S/C10H14N2O2/c1-3-4-8-6-9(11)10(12(13)14)5-7(8)2/h5-6H,3-4,11H2,1-2H3. The number of hydrogen-bond donors (Lipinski definition) is 1. The highest BCUT2D eigenvalue weighted by molar-refractivity contribution is 5.61. The summed E-state index contributed by atoms with van der Waals surface area (Å²) in [7, 11) is 0. The number of anilines is 1. The van der Waals surface area contributed by atoms with E-state index in [2.05, 4.69) is 6.92 Å². The summed E-state index contributed by atoms with van der Waals surface area (Å²) in [5.41, 5.74) is 7.87. The van der Waals surface area contributed by atoms with Gasteiger partial charge in [0.15, 0.2) is 0 Å². The fourth-order valence-electron chi connectivity index (χ4n) is 1.45. The molecule has 1 aromatic carbocycles. The van der Waals surface area contributed by atoms with Gasteiger partial charge >= 0.3 is 0 Å². The average Bonchev–Trinajstić information content (AvgIpc) is 2.10. The fourth-order valence-corrected chi connectivity index (χ4v) is 1.45. The van der Waals surface area contributed by atoms with Crippen molar-refractivity contribution >= 4 is 11.4 Å². The lowest BCUT2D eigenvalue weighted by atomic mass is 10.0. The lowest BCUT2D eigenvalue weighted by Crippen LogP contribution is -1.99. The van der Waals surface area contributed by atoms with E-state index in [1.54, 1.807) is 12.1 Å². The summed E-state index contributed by atoms with van der Waals surface area (Å²) < 4.78 is 0. The fraction of sp³-hybridized carbons (Fsp3) is 0.400. The predicted molar refractivity (Wildman–Crippen MR) is 56.2 cm³/mol. The van der Waals surface area contributed by atoms with Crippen LogP contribution in [0.25, 0.3) is 0 Å². The van der Waals surface area contributed by atoms with Crippen molar-refractivity contribution in [3.63, 3.8) is 0 Å². The molecule has 0 saturated carbocycles. The summed E-state index contributed by atoms with van der Waals surface area (Å²) in [6, 6.07) is 3.25. The number of nitrogens with zero attached hydrogens (tertiary/aromatic N) is 1. The molecule has 76 valence electrons. The smallest absolute Gasteiger partial charge is 0.292 e. The third kappa shape index (κ3) is 2.02. The van der Waals surface area contributed by atoms with Crippen molar-refractivity contribution in [3.05, 3.63) is 33.4 Å². The van der Waals surface area contributed by atoms with Gasteiger partial charge in [0.05, 0.1) is 4.92 Å². The molecule has 0 atom stereocenters. The molecule has 0 aliphatic heterocycles. The Labute approximate surface area is 82.9 Å². The van der Waals surface area contributed by atoms with Crippen molar-refractivity contribution in [2.24, 2.45) is 0 Å². The van der Waals surface area contributed by atoms with Gasteiger partial charge in [-0.05, 0) is 30.5 Å². The molecule has 4 heteroatoms. The first-order valence-electron chi connectivity index (χ1n) is 4.59. The molecule has 0 unspecified atom stereocenters. The van der Waals surface area contributed by atoms with Crippen molar-refractivity contribution in [1.29, 1.82) is 0 Å². The Morgan fingerprint density at radius 2 is 2.14 bits per heavy atom. The molecule has 0 amide bonds. The lowest BCUT2D eigenvalue weighted by molar-refractivity contribution is -0.383. The van der Waals surface area contributed by atoms with Crippen molar-refractivity contribution in [2.75, 3.05) is 5.73 Å². The molecule has 0 saturated heterocycles. The minimum atomic E-state index is -0.446. The summed E-state index contributed by atoms with van der Waals surface area (Å²) >= 11 is 0. The highest BCUT2D eigenvalue weighted by Gasteiger charge is 2.13.